The number of amides is 2. The number of nitrogens with zero attached hydrogens (tertiary/aromatic N) is 1. The lowest BCUT2D eigenvalue weighted by Gasteiger charge is -2.29. The highest BCUT2D eigenvalue weighted by Crippen LogP contribution is 2.16. The number of ether oxygens (including phenoxy) is 1. The Labute approximate surface area is 165 Å². The first-order valence-corrected chi connectivity index (χ1v) is 9.26. The maximum atomic E-state index is 12.8. The zero-order valence-corrected chi connectivity index (χ0v) is 16.6. The number of para-hydroxylation sites is 1. The van der Waals surface area contributed by atoms with E-state index >= 15 is 0 Å². The van der Waals surface area contributed by atoms with Gasteiger partial charge in [-0.05, 0) is 50.6 Å². The van der Waals surface area contributed by atoms with Crippen LogP contribution in [0.2, 0.25) is 5.02 Å². The number of rotatable bonds is 8. The van der Waals surface area contributed by atoms with Crippen LogP contribution in [0, 0.1) is 0 Å². The predicted molar refractivity (Wildman–Crippen MR) is 107 cm³/mol. The molecule has 0 aliphatic carbocycles. The minimum atomic E-state index is -0.641. The van der Waals surface area contributed by atoms with E-state index < -0.39 is 6.04 Å². The number of carbonyl (C=O) groups excluding carboxylic acids is 2. The molecule has 2 aromatic rings. The Morgan fingerprint density at radius 2 is 1.78 bits per heavy atom. The van der Waals surface area contributed by atoms with Crippen molar-refractivity contribution in [2.24, 2.45) is 0 Å². The van der Waals surface area contributed by atoms with Gasteiger partial charge in [-0.2, -0.15) is 0 Å². The van der Waals surface area contributed by atoms with Gasteiger partial charge in [-0.15, -0.1) is 0 Å². The number of hydrogen-bond donors (Lipinski definition) is 1. The highest BCUT2D eigenvalue weighted by molar-refractivity contribution is 6.30. The van der Waals surface area contributed by atoms with Crippen molar-refractivity contribution in [1.29, 1.82) is 0 Å². The quantitative estimate of drug-likeness (QED) is 0.750. The molecule has 6 heteroatoms. The molecular weight excluding hydrogens is 364 g/mol. The smallest absolute Gasteiger partial charge is 0.261 e. The summed E-state index contributed by atoms with van der Waals surface area (Å²) < 4.78 is 5.57. The molecule has 2 amide bonds. The van der Waals surface area contributed by atoms with Crippen LogP contribution in [0.25, 0.3) is 0 Å². The molecule has 0 saturated carbocycles. The first-order chi connectivity index (χ1) is 12.9. The summed E-state index contributed by atoms with van der Waals surface area (Å²) in [4.78, 5) is 26.8. The Kier molecular flexibility index (Phi) is 7.67. The molecule has 0 radical (unpaired) electrons. The van der Waals surface area contributed by atoms with Gasteiger partial charge in [0.2, 0.25) is 5.91 Å². The van der Waals surface area contributed by atoms with Crippen LogP contribution in [0.1, 0.15) is 26.3 Å². The second-order valence-electron chi connectivity index (χ2n) is 6.59. The van der Waals surface area contributed by atoms with Gasteiger partial charge in [-0.25, -0.2) is 0 Å². The van der Waals surface area contributed by atoms with E-state index in [1.165, 1.54) is 4.90 Å². The summed E-state index contributed by atoms with van der Waals surface area (Å²) in [6, 6.07) is 15.7. The fraction of sp³-hybridized carbons (Fsp3) is 0.333. The molecule has 2 aromatic carbocycles. The molecule has 0 aliphatic rings. The van der Waals surface area contributed by atoms with Crippen LogP contribution in [-0.2, 0) is 16.1 Å². The third-order valence-corrected chi connectivity index (χ3v) is 4.18. The highest BCUT2D eigenvalue weighted by atomic mass is 35.5. The van der Waals surface area contributed by atoms with Crippen molar-refractivity contribution in [3.05, 3.63) is 65.2 Å². The summed E-state index contributed by atoms with van der Waals surface area (Å²) in [5.74, 6) is 0.123. The van der Waals surface area contributed by atoms with Crippen molar-refractivity contribution in [3.8, 4) is 5.75 Å². The zero-order valence-electron chi connectivity index (χ0n) is 15.8. The van der Waals surface area contributed by atoms with Gasteiger partial charge in [0.25, 0.3) is 5.91 Å². The van der Waals surface area contributed by atoms with E-state index in [4.69, 9.17) is 16.3 Å². The molecule has 0 saturated heterocycles. The summed E-state index contributed by atoms with van der Waals surface area (Å²) >= 11 is 6.05. The van der Waals surface area contributed by atoms with Crippen LogP contribution >= 0.6 is 11.6 Å². The van der Waals surface area contributed by atoms with Gasteiger partial charge >= 0.3 is 0 Å². The molecule has 0 fully saturated rings. The summed E-state index contributed by atoms with van der Waals surface area (Å²) in [5.41, 5.74) is 0.847. The lowest BCUT2D eigenvalue weighted by Crippen LogP contribution is -2.50. The molecule has 0 aliphatic heterocycles. The third kappa shape index (κ3) is 6.61. The van der Waals surface area contributed by atoms with Gasteiger partial charge in [0.05, 0.1) is 0 Å². The van der Waals surface area contributed by atoms with E-state index in [9.17, 15) is 9.59 Å². The first-order valence-electron chi connectivity index (χ1n) is 8.89. The molecule has 1 atom stereocenters. The number of hydrogen-bond acceptors (Lipinski definition) is 3. The fourth-order valence-electron chi connectivity index (χ4n) is 2.56. The lowest BCUT2D eigenvalue weighted by molar-refractivity contribution is -0.142. The van der Waals surface area contributed by atoms with Gasteiger partial charge < -0.3 is 15.0 Å². The van der Waals surface area contributed by atoms with E-state index in [-0.39, 0.29) is 31.0 Å². The molecule has 0 unspecified atom stereocenters. The largest absolute Gasteiger partial charge is 0.484 e. The molecule has 5 nitrogen and oxygen atoms in total. The first kappa shape index (κ1) is 20.8. The normalized spacial score (nSPS) is 11.7. The zero-order chi connectivity index (χ0) is 19.8. The third-order valence-electron chi connectivity index (χ3n) is 3.95. The molecule has 144 valence electrons. The maximum Gasteiger partial charge on any atom is 0.261 e. The average molecular weight is 389 g/mol. The molecule has 1 N–H and O–H groups in total. The highest BCUT2D eigenvalue weighted by Gasteiger charge is 2.26. The van der Waals surface area contributed by atoms with Crippen molar-refractivity contribution < 1.29 is 14.3 Å². The van der Waals surface area contributed by atoms with Crippen molar-refractivity contribution in [1.82, 2.24) is 10.2 Å². The SMILES string of the molecule is CC(C)NC(=O)[C@@H](C)N(Cc1cccc(Cl)c1)C(=O)COc1ccccc1. The minimum Gasteiger partial charge on any atom is -0.484 e. The van der Waals surface area contributed by atoms with Gasteiger partial charge in [0.15, 0.2) is 6.61 Å². The van der Waals surface area contributed by atoms with Crippen LogP contribution in [0.3, 0.4) is 0 Å². The lowest BCUT2D eigenvalue weighted by atomic mass is 10.1. The van der Waals surface area contributed by atoms with Crippen LogP contribution in [0.15, 0.2) is 54.6 Å². The maximum absolute atomic E-state index is 12.8. The molecule has 0 spiro atoms. The standard InChI is InChI=1S/C21H25ClN2O3/c1-15(2)23-21(26)16(3)24(13-17-8-7-9-18(22)12-17)20(25)14-27-19-10-5-4-6-11-19/h4-12,15-16H,13-14H2,1-3H3,(H,23,26)/t16-/m1/s1. The van der Waals surface area contributed by atoms with E-state index in [1.54, 1.807) is 31.2 Å². The summed E-state index contributed by atoms with van der Waals surface area (Å²) in [6.07, 6.45) is 0. The van der Waals surface area contributed by atoms with Gasteiger partial charge in [-0.3, -0.25) is 9.59 Å². The predicted octanol–water partition coefficient (Wildman–Crippen LogP) is 3.66. The number of halogens is 1. The van der Waals surface area contributed by atoms with Crippen LogP contribution in [-0.4, -0.2) is 35.4 Å². The fourth-order valence-corrected chi connectivity index (χ4v) is 2.78. The van der Waals surface area contributed by atoms with Gasteiger partial charge in [0, 0.05) is 17.6 Å². The minimum absolute atomic E-state index is 0.0105. The van der Waals surface area contributed by atoms with Crippen molar-refractivity contribution in [3.63, 3.8) is 0 Å². The Morgan fingerprint density at radius 1 is 1.07 bits per heavy atom. The number of carbonyl (C=O) groups is 2. The summed E-state index contributed by atoms with van der Waals surface area (Å²) in [5, 5.41) is 3.43. The molecular formula is C21H25ClN2O3. The van der Waals surface area contributed by atoms with E-state index in [2.05, 4.69) is 5.32 Å². The molecule has 0 heterocycles. The Bertz CT molecular complexity index is 765. The van der Waals surface area contributed by atoms with E-state index in [0.29, 0.717) is 10.8 Å². The van der Waals surface area contributed by atoms with Crippen molar-refractivity contribution >= 4 is 23.4 Å². The van der Waals surface area contributed by atoms with E-state index in [0.717, 1.165) is 5.56 Å². The number of nitrogens with one attached hydrogen (secondary N) is 1. The number of benzene rings is 2. The van der Waals surface area contributed by atoms with Gasteiger partial charge in [0.1, 0.15) is 11.8 Å². The van der Waals surface area contributed by atoms with Gasteiger partial charge in [-0.1, -0.05) is 41.9 Å². The van der Waals surface area contributed by atoms with Crippen LogP contribution in [0.4, 0.5) is 0 Å². The molecule has 0 bridgehead atoms. The monoisotopic (exact) mass is 388 g/mol. The average Bonchev–Trinajstić information content (AvgIpc) is 2.64. The van der Waals surface area contributed by atoms with E-state index in [1.807, 2.05) is 44.2 Å². The van der Waals surface area contributed by atoms with Crippen molar-refractivity contribution in [2.45, 2.75) is 39.4 Å². The van der Waals surface area contributed by atoms with Crippen LogP contribution < -0.4 is 10.1 Å². The topological polar surface area (TPSA) is 58.6 Å². The summed E-state index contributed by atoms with van der Waals surface area (Å²) in [7, 11) is 0. The molecule has 2 rings (SSSR count). The Morgan fingerprint density at radius 3 is 2.41 bits per heavy atom. The molecule has 27 heavy (non-hydrogen) atoms. The van der Waals surface area contributed by atoms with Crippen LogP contribution in [0.5, 0.6) is 5.75 Å². The van der Waals surface area contributed by atoms with Crippen molar-refractivity contribution in [2.75, 3.05) is 6.61 Å². The Balaban J connectivity index is 2.14. The molecule has 0 aromatic heterocycles. The second-order valence-corrected chi connectivity index (χ2v) is 7.03. The second kappa shape index (κ2) is 9.97. The Hall–Kier alpha value is -2.53. The summed E-state index contributed by atoms with van der Waals surface area (Å²) in [6.45, 7) is 5.59.